The lowest BCUT2D eigenvalue weighted by Gasteiger charge is -2.27. The molecule has 0 spiro atoms. The van der Waals surface area contributed by atoms with E-state index in [0.29, 0.717) is 156 Å². The van der Waals surface area contributed by atoms with Crippen LogP contribution in [0.15, 0.2) is 54.6 Å². The normalized spacial score (nSPS) is 17.2. The van der Waals surface area contributed by atoms with Gasteiger partial charge in [-0.2, -0.15) is 0 Å². The number of anilines is 2. The van der Waals surface area contributed by atoms with Crippen molar-refractivity contribution in [2.24, 2.45) is 11.5 Å². The Hall–Kier alpha value is -9.67. The van der Waals surface area contributed by atoms with Crippen LogP contribution in [-0.4, -0.2) is 279 Å². The van der Waals surface area contributed by atoms with Crippen molar-refractivity contribution in [3.8, 4) is 0 Å². The molecule has 37 heteroatoms. The Morgan fingerprint density at radius 1 is 0.414 bits per heavy atom. The third-order valence-electron chi connectivity index (χ3n) is 16.0. The molecule has 6 heterocycles. The third kappa shape index (κ3) is 29.2. The molecule has 3 aromatic carbocycles. The van der Waals surface area contributed by atoms with E-state index in [1.54, 1.807) is 36.4 Å². The molecule has 0 aliphatic carbocycles. The molecule has 6 aliphatic rings. The van der Waals surface area contributed by atoms with Crippen LogP contribution in [0, 0.1) is 5.82 Å². The van der Waals surface area contributed by atoms with Crippen LogP contribution in [0.25, 0.3) is 0 Å². The van der Waals surface area contributed by atoms with E-state index in [2.05, 4.69) is 31.9 Å². The average molecular weight is 1570 g/mol. The first-order valence-corrected chi connectivity index (χ1v) is 36.0. The second kappa shape index (κ2) is 46.9. The van der Waals surface area contributed by atoms with Gasteiger partial charge in [0.1, 0.15) is 35.1 Å². The number of halogens is 1. The maximum atomic E-state index is 13.7. The predicted octanol–water partition coefficient (Wildman–Crippen LogP) is 2.17. The molecule has 9 rings (SSSR count). The monoisotopic (exact) mass is 1570 g/mol. The van der Waals surface area contributed by atoms with Gasteiger partial charge in [0.2, 0.25) is 35.4 Å². The number of benzene rings is 3. The van der Waals surface area contributed by atoms with Crippen LogP contribution >= 0.6 is 0 Å². The SMILES string of the molecule is C.CC(C)(C)OC(=O)CCOCCOCCOCCNc1cccc2c1C(=O)N(C1CCC(=O)NC1=O)C2=O.CC(C)(C)OC(=O)NCCOCCOCCOCCN.NCCOCCOCCOCCNc1cccc2c1C(=O)N(C1CCC(=O)NC1=O)C2=O.O=C1CCC(N2C(=O)c3cccc(F)c3C2=O)C(=O)N1. The Morgan fingerprint density at radius 3 is 1.05 bits per heavy atom. The minimum absolute atomic E-state index is 0. The number of fused-ring (bicyclic) bond motifs is 3. The summed E-state index contributed by atoms with van der Waals surface area (Å²) < 4.78 is 72.0. The molecular formula is C74H104FN11O25. The number of hydrogen-bond donors (Lipinski definition) is 8. The molecule has 0 bridgehead atoms. The van der Waals surface area contributed by atoms with E-state index in [1.807, 2.05) is 41.5 Å². The summed E-state index contributed by atoms with van der Waals surface area (Å²) >= 11 is 0. The molecule has 111 heavy (non-hydrogen) atoms. The summed E-state index contributed by atoms with van der Waals surface area (Å²) in [5, 5.41) is 15.3. The molecular weight excluding hydrogens is 1460 g/mol. The van der Waals surface area contributed by atoms with Crippen molar-refractivity contribution < 1.29 is 124 Å². The molecule has 3 fully saturated rings. The second-order valence-corrected chi connectivity index (χ2v) is 26.7. The third-order valence-corrected chi connectivity index (χ3v) is 16.0. The largest absolute Gasteiger partial charge is 0.460 e. The lowest BCUT2D eigenvalue weighted by Crippen LogP contribution is -2.54. The lowest BCUT2D eigenvalue weighted by molar-refractivity contribution is -0.156. The van der Waals surface area contributed by atoms with Crippen LogP contribution in [0.2, 0.25) is 0 Å². The molecule has 0 saturated carbocycles. The second-order valence-electron chi connectivity index (χ2n) is 26.7. The zero-order valence-corrected chi connectivity index (χ0v) is 62.7. The molecule has 6 aliphatic heterocycles. The first kappa shape index (κ1) is 91.9. The number of amides is 13. The molecule has 10 N–H and O–H groups in total. The highest BCUT2D eigenvalue weighted by Crippen LogP contribution is 2.35. The number of rotatable bonds is 39. The highest BCUT2D eigenvalue weighted by Gasteiger charge is 2.49. The number of ether oxygens (including phenoxy) is 11. The number of nitrogens with zero attached hydrogens (tertiary/aromatic N) is 3. The van der Waals surface area contributed by atoms with Gasteiger partial charge in [0.05, 0.1) is 159 Å². The zero-order valence-electron chi connectivity index (χ0n) is 62.7. The number of imide groups is 6. The fraction of sp³-hybridized carbons (Fsp3) is 0.568. The van der Waals surface area contributed by atoms with Crippen molar-refractivity contribution >= 4 is 94.3 Å². The van der Waals surface area contributed by atoms with Crippen LogP contribution in [0.4, 0.5) is 20.6 Å². The summed E-state index contributed by atoms with van der Waals surface area (Å²) in [5.41, 5.74) is 11.1. The van der Waals surface area contributed by atoms with Crippen LogP contribution in [0.3, 0.4) is 0 Å². The smallest absolute Gasteiger partial charge is 0.407 e. The van der Waals surface area contributed by atoms with E-state index in [9.17, 15) is 71.5 Å². The Kier molecular flexibility index (Phi) is 38.8. The van der Waals surface area contributed by atoms with E-state index in [-0.39, 0.29) is 98.3 Å². The van der Waals surface area contributed by atoms with Crippen molar-refractivity contribution in [1.29, 1.82) is 0 Å². The fourth-order valence-corrected chi connectivity index (χ4v) is 11.2. The van der Waals surface area contributed by atoms with Crippen molar-refractivity contribution in [2.45, 2.75) is 123 Å². The van der Waals surface area contributed by atoms with Crippen molar-refractivity contribution in [3.63, 3.8) is 0 Å². The highest BCUT2D eigenvalue weighted by atomic mass is 19.1. The van der Waals surface area contributed by atoms with Gasteiger partial charge in [-0.1, -0.05) is 25.6 Å². The van der Waals surface area contributed by atoms with Gasteiger partial charge in [0, 0.05) is 63.4 Å². The highest BCUT2D eigenvalue weighted by molar-refractivity contribution is 6.27. The van der Waals surface area contributed by atoms with Gasteiger partial charge in [-0.15, -0.1) is 0 Å². The summed E-state index contributed by atoms with van der Waals surface area (Å²) in [4.78, 5) is 172. The van der Waals surface area contributed by atoms with E-state index in [4.69, 9.17) is 63.6 Å². The number of esters is 1. The average Bonchev–Trinajstić information content (AvgIpc) is 1.62. The van der Waals surface area contributed by atoms with Crippen molar-refractivity contribution in [2.75, 3.05) is 162 Å². The number of carbonyl (C=O) groups is 14. The van der Waals surface area contributed by atoms with E-state index in [0.717, 1.165) is 20.8 Å². The molecule has 3 unspecified atom stereocenters. The van der Waals surface area contributed by atoms with Gasteiger partial charge >= 0.3 is 12.1 Å². The molecule has 13 amide bonds. The molecule has 0 radical (unpaired) electrons. The van der Waals surface area contributed by atoms with Crippen LogP contribution < -0.4 is 43.4 Å². The minimum atomic E-state index is -1.07. The molecule has 36 nitrogen and oxygen atoms in total. The molecule has 0 aromatic heterocycles. The molecule has 3 atom stereocenters. The summed E-state index contributed by atoms with van der Waals surface area (Å²) in [7, 11) is 0. The summed E-state index contributed by atoms with van der Waals surface area (Å²) in [6.45, 7) is 20.8. The van der Waals surface area contributed by atoms with Gasteiger partial charge < -0.3 is 79.5 Å². The Balaban J connectivity index is 0.000000274. The lowest BCUT2D eigenvalue weighted by atomic mass is 10.0. The maximum Gasteiger partial charge on any atom is 0.407 e. The first-order valence-electron chi connectivity index (χ1n) is 36.0. The Morgan fingerprint density at radius 2 is 0.721 bits per heavy atom. The topological polar surface area (TPSA) is 474 Å². The number of alkyl carbamates (subject to hydrolysis) is 1. The van der Waals surface area contributed by atoms with E-state index >= 15 is 0 Å². The molecule has 3 saturated heterocycles. The summed E-state index contributed by atoms with van der Waals surface area (Å²) in [6.07, 6.45) is 0.209. The first-order chi connectivity index (χ1) is 52.6. The predicted molar refractivity (Wildman–Crippen MR) is 393 cm³/mol. The van der Waals surface area contributed by atoms with Gasteiger partial charge in [-0.25, -0.2) is 9.18 Å². The standard InChI is InChI=1S/C26H35N3O9.C21H28N4O7.C13H9FN2O4.C13H28N2O5.CH4/c1-26(2,3)38-21(31)9-11-35-13-15-37-16-14-36-12-10-27-18-6-4-5-17-22(18)25(34)29(24(17)33)19-7-8-20(30)28-23(19)32;22-6-8-30-10-12-32-13-11-31-9-7-23-15-3-1-2-14-18(15)21(29)25(20(14)28)16-4-5-17(26)24-19(16)27;14-7-3-1-2-6-10(7)13(20)16(12(6)19)8-4-5-9(17)15-11(8)18;1-13(2,3)20-12(16)15-5-7-18-9-11-19-10-8-17-6-4-14;/h4-6,19,27H,7-16H2,1-3H3,(H,28,30,32);1-3,16,23H,4-13,22H2,(H,24,26,27);1-3,8H,4-5H2,(H,15,17,18);4-11,14H2,1-3H3,(H,15,16);1H4. The number of nitrogens with two attached hydrogens (primary N) is 2. The van der Waals surface area contributed by atoms with Gasteiger partial charge in [0.15, 0.2) is 0 Å². The number of nitrogens with one attached hydrogen (secondary N) is 6. The van der Waals surface area contributed by atoms with E-state index < -0.39 is 112 Å². The van der Waals surface area contributed by atoms with Crippen LogP contribution in [0.5, 0.6) is 0 Å². The number of carbonyl (C=O) groups excluding carboxylic acids is 14. The quantitative estimate of drug-likeness (QED) is 0.0230. The maximum absolute atomic E-state index is 13.7. The van der Waals surface area contributed by atoms with Crippen molar-refractivity contribution in [1.82, 2.24) is 36.0 Å². The molecule has 612 valence electrons. The minimum Gasteiger partial charge on any atom is -0.460 e. The van der Waals surface area contributed by atoms with Gasteiger partial charge in [-0.05, 0) is 97.2 Å². The number of piperidine rings is 3. The van der Waals surface area contributed by atoms with Crippen molar-refractivity contribution in [3.05, 3.63) is 93.8 Å². The Bertz CT molecular complexity index is 3720. The Labute approximate surface area is 642 Å². The fourth-order valence-electron chi connectivity index (χ4n) is 11.2. The van der Waals surface area contributed by atoms with E-state index in [1.165, 1.54) is 12.1 Å². The summed E-state index contributed by atoms with van der Waals surface area (Å²) in [6, 6.07) is 10.5. The van der Waals surface area contributed by atoms with Gasteiger partial charge in [-0.3, -0.25) is 93.0 Å². The zero-order chi connectivity index (χ0) is 80.3. The van der Waals surface area contributed by atoms with Crippen LogP contribution in [-0.2, 0) is 85.7 Å². The molecule has 3 aromatic rings. The van der Waals surface area contributed by atoms with Crippen LogP contribution in [0.1, 0.15) is 156 Å². The van der Waals surface area contributed by atoms with Gasteiger partial charge in [0.25, 0.3) is 35.4 Å². The summed E-state index contributed by atoms with van der Waals surface area (Å²) in [5.74, 6) is -8.10. The number of hydrogen-bond acceptors (Lipinski definition) is 29.